The summed E-state index contributed by atoms with van der Waals surface area (Å²) in [6.45, 7) is 7.83. The number of nitrogens with zero attached hydrogens (tertiary/aromatic N) is 4. The summed E-state index contributed by atoms with van der Waals surface area (Å²) in [7, 11) is 0. The van der Waals surface area contributed by atoms with Crippen molar-refractivity contribution in [2.24, 2.45) is 5.10 Å². The van der Waals surface area contributed by atoms with Crippen molar-refractivity contribution in [3.05, 3.63) is 87.6 Å². The normalized spacial score (nSPS) is 11.5. The fraction of sp³-hybridized carbons (Fsp3) is 0.174. The largest absolute Gasteiger partial charge is 0.318 e. The molecule has 0 bridgehead atoms. The monoisotopic (exact) mass is 419 g/mol. The number of nitrogens with one attached hydrogen (secondary N) is 1. The van der Waals surface area contributed by atoms with E-state index in [-0.39, 0.29) is 5.91 Å². The van der Waals surface area contributed by atoms with E-state index in [1.54, 1.807) is 10.6 Å². The Balaban J connectivity index is 1.59. The zero-order chi connectivity index (χ0) is 21.4. The van der Waals surface area contributed by atoms with Crippen LogP contribution in [-0.4, -0.2) is 26.1 Å². The van der Waals surface area contributed by atoms with Gasteiger partial charge in [0.15, 0.2) is 0 Å². The molecule has 4 rings (SSSR count). The van der Waals surface area contributed by atoms with E-state index in [0.29, 0.717) is 16.4 Å². The third kappa shape index (κ3) is 3.62. The molecule has 1 aromatic carbocycles. The lowest BCUT2D eigenvalue weighted by molar-refractivity contribution is 0.0948. The first-order valence-corrected chi connectivity index (χ1v) is 9.96. The molecule has 0 aliphatic carbocycles. The highest BCUT2D eigenvalue weighted by molar-refractivity contribution is 6.30. The molecule has 0 aliphatic rings. The number of fused-ring (bicyclic) bond motifs is 1. The number of aromatic nitrogens is 3. The van der Waals surface area contributed by atoms with Crippen LogP contribution in [0.5, 0.6) is 0 Å². The zero-order valence-electron chi connectivity index (χ0n) is 17.3. The number of pyridine rings is 1. The molecule has 30 heavy (non-hydrogen) atoms. The van der Waals surface area contributed by atoms with Crippen LogP contribution in [0.2, 0.25) is 5.02 Å². The SMILES string of the molecule is Cc1ccc2nc(C)c(C(=O)N/N=C\c3cc(C)n(-c4cccc(Cl)c4)c3C)n2c1. The lowest BCUT2D eigenvalue weighted by atomic mass is 10.2. The van der Waals surface area contributed by atoms with Gasteiger partial charge in [0.05, 0.1) is 11.9 Å². The maximum Gasteiger partial charge on any atom is 0.290 e. The Morgan fingerprint density at radius 3 is 2.70 bits per heavy atom. The van der Waals surface area contributed by atoms with Crippen molar-refractivity contribution in [3.63, 3.8) is 0 Å². The van der Waals surface area contributed by atoms with E-state index >= 15 is 0 Å². The molecule has 3 aromatic heterocycles. The second kappa shape index (κ2) is 7.80. The van der Waals surface area contributed by atoms with Crippen LogP contribution < -0.4 is 5.43 Å². The molecule has 4 aromatic rings. The molecule has 7 heteroatoms. The van der Waals surface area contributed by atoms with Gasteiger partial charge in [-0.25, -0.2) is 10.4 Å². The average Bonchev–Trinajstić information content (AvgIpc) is 3.16. The summed E-state index contributed by atoms with van der Waals surface area (Å²) in [6.07, 6.45) is 3.55. The molecule has 0 unspecified atom stereocenters. The van der Waals surface area contributed by atoms with Gasteiger partial charge in [0.25, 0.3) is 5.91 Å². The standard InChI is InChI=1S/C23H22ClN5O/c1-14-8-9-21-26-16(3)22(28(21)13-14)23(30)27-25-12-18-10-15(2)29(17(18)4)20-7-5-6-19(24)11-20/h5-13H,1-4H3,(H,27,30)/b25-12-. The number of hydrogen-bond acceptors (Lipinski definition) is 3. The fourth-order valence-corrected chi connectivity index (χ4v) is 3.87. The van der Waals surface area contributed by atoms with E-state index in [4.69, 9.17) is 11.6 Å². The van der Waals surface area contributed by atoms with Crippen molar-refractivity contribution in [1.82, 2.24) is 19.4 Å². The Labute approximate surface area is 179 Å². The molecule has 0 fully saturated rings. The van der Waals surface area contributed by atoms with Gasteiger partial charge in [0.2, 0.25) is 0 Å². The summed E-state index contributed by atoms with van der Waals surface area (Å²) in [5.41, 5.74) is 9.51. The predicted octanol–water partition coefficient (Wildman–Crippen LogP) is 4.78. The molecular formula is C23H22ClN5O. The van der Waals surface area contributed by atoms with Gasteiger partial charge in [-0.2, -0.15) is 5.10 Å². The Hall–Kier alpha value is -3.38. The van der Waals surface area contributed by atoms with Crippen LogP contribution in [0.25, 0.3) is 11.3 Å². The number of aryl methyl sites for hydroxylation is 3. The number of rotatable bonds is 4. The summed E-state index contributed by atoms with van der Waals surface area (Å²) in [4.78, 5) is 17.2. The molecule has 3 heterocycles. The van der Waals surface area contributed by atoms with E-state index in [9.17, 15) is 4.79 Å². The van der Waals surface area contributed by atoms with E-state index in [1.807, 2.05) is 76.4 Å². The Morgan fingerprint density at radius 1 is 1.13 bits per heavy atom. The van der Waals surface area contributed by atoms with Crippen molar-refractivity contribution in [2.45, 2.75) is 27.7 Å². The summed E-state index contributed by atoms with van der Waals surface area (Å²) in [5, 5.41) is 4.87. The van der Waals surface area contributed by atoms with Crippen LogP contribution in [-0.2, 0) is 0 Å². The molecule has 0 spiro atoms. The molecule has 0 radical (unpaired) electrons. The summed E-state index contributed by atoms with van der Waals surface area (Å²) in [6, 6.07) is 13.6. The maximum atomic E-state index is 12.8. The highest BCUT2D eigenvalue weighted by Gasteiger charge is 2.16. The average molecular weight is 420 g/mol. The Kier molecular flexibility index (Phi) is 5.18. The Bertz CT molecular complexity index is 1300. The van der Waals surface area contributed by atoms with Gasteiger partial charge >= 0.3 is 0 Å². The topological polar surface area (TPSA) is 63.7 Å². The molecule has 1 amide bonds. The second-order valence-corrected chi connectivity index (χ2v) is 7.76. The van der Waals surface area contributed by atoms with Gasteiger partial charge in [0.1, 0.15) is 11.3 Å². The summed E-state index contributed by atoms with van der Waals surface area (Å²) in [5.74, 6) is -0.300. The minimum atomic E-state index is -0.300. The third-order valence-electron chi connectivity index (χ3n) is 5.06. The first-order chi connectivity index (χ1) is 14.3. The molecule has 0 aliphatic heterocycles. The van der Waals surface area contributed by atoms with Gasteiger partial charge < -0.3 is 4.57 Å². The Morgan fingerprint density at radius 2 is 1.93 bits per heavy atom. The number of benzene rings is 1. The van der Waals surface area contributed by atoms with E-state index < -0.39 is 0 Å². The molecule has 0 saturated heterocycles. The minimum Gasteiger partial charge on any atom is -0.318 e. The number of imidazole rings is 1. The van der Waals surface area contributed by atoms with Crippen LogP contribution in [0.4, 0.5) is 0 Å². The van der Waals surface area contributed by atoms with Crippen molar-refractivity contribution >= 4 is 29.4 Å². The fourth-order valence-electron chi connectivity index (χ4n) is 3.69. The number of amides is 1. The molecule has 0 saturated carbocycles. The molecule has 1 N–H and O–H groups in total. The van der Waals surface area contributed by atoms with Crippen molar-refractivity contribution in [2.75, 3.05) is 0 Å². The lowest BCUT2D eigenvalue weighted by Crippen LogP contribution is -2.20. The number of hydrazone groups is 1. The highest BCUT2D eigenvalue weighted by atomic mass is 35.5. The number of halogens is 1. The first kappa shape index (κ1) is 19.9. The predicted molar refractivity (Wildman–Crippen MR) is 120 cm³/mol. The summed E-state index contributed by atoms with van der Waals surface area (Å²) < 4.78 is 3.90. The summed E-state index contributed by atoms with van der Waals surface area (Å²) >= 11 is 6.14. The van der Waals surface area contributed by atoms with Crippen LogP contribution in [0.1, 0.15) is 38.7 Å². The van der Waals surface area contributed by atoms with Crippen LogP contribution >= 0.6 is 11.6 Å². The zero-order valence-corrected chi connectivity index (χ0v) is 18.0. The molecule has 0 atom stereocenters. The van der Waals surface area contributed by atoms with Gasteiger partial charge in [-0.05, 0) is 63.6 Å². The van der Waals surface area contributed by atoms with Crippen LogP contribution in [0.15, 0.2) is 53.8 Å². The number of carbonyl (C=O) groups excluding carboxylic acids is 1. The van der Waals surface area contributed by atoms with Gasteiger partial charge in [-0.1, -0.05) is 23.7 Å². The highest BCUT2D eigenvalue weighted by Crippen LogP contribution is 2.22. The number of carbonyl (C=O) groups is 1. The van der Waals surface area contributed by atoms with E-state index in [0.717, 1.165) is 33.8 Å². The molecular weight excluding hydrogens is 398 g/mol. The van der Waals surface area contributed by atoms with Crippen molar-refractivity contribution < 1.29 is 4.79 Å². The molecule has 6 nitrogen and oxygen atoms in total. The lowest BCUT2D eigenvalue weighted by Gasteiger charge is -2.09. The second-order valence-electron chi connectivity index (χ2n) is 7.32. The maximum absolute atomic E-state index is 12.8. The van der Waals surface area contributed by atoms with Crippen molar-refractivity contribution in [1.29, 1.82) is 0 Å². The van der Waals surface area contributed by atoms with E-state index in [1.165, 1.54) is 0 Å². The van der Waals surface area contributed by atoms with Crippen molar-refractivity contribution in [3.8, 4) is 5.69 Å². The molecule has 152 valence electrons. The van der Waals surface area contributed by atoms with Crippen LogP contribution in [0.3, 0.4) is 0 Å². The quantitative estimate of drug-likeness (QED) is 0.382. The first-order valence-electron chi connectivity index (χ1n) is 9.59. The van der Waals surface area contributed by atoms with Gasteiger partial charge in [-0.15, -0.1) is 0 Å². The smallest absolute Gasteiger partial charge is 0.290 e. The van der Waals surface area contributed by atoms with Gasteiger partial charge in [-0.3, -0.25) is 9.20 Å². The number of hydrogen-bond donors (Lipinski definition) is 1. The van der Waals surface area contributed by atoms with E-state index in [2.05, 4.69) is 20.1 Å². The minimum absolute atomic E-state index is 0.300. The third-order valence-corrected chi connectivity index (χ3v) is 5.30. The van der Waals surface area contributed by atoms with Crippen LogP contribution in [0, 0.1) is 27.7 Å². The van der Waals surface area contributed by atoms with Gasteiger partial charge in [0, 0.05) is 33.9 Å².